The minimum absolute atomic E-state index is 0.159. The number of allylic oxidation sites excluding steroid dienone is 1. The van der Waals surface area contributed by atoms with Crippen molar-refractivity contribution in [1.82, 2.24) is 0 Å². The van der Waals surface area contributed by atoms with Gasteiger partial charge in [-0.3, -0.25) is 14.4 Å². The number of benzene rings is 4. The van der Waals surface area contributed by atoms with Crippen LogP contribution in [0, 0.1) is 11.6 Å². The van der Waals surface area contributed by atoms with E-state index >= 15 is 0 Å². The Morgan fingerprint density at radius 3 is 2.08 bits per heavy atom. The van der Waals surface area contributed by atoms with Crippen LogP contribution in [0.3, 0.4) is 0 Å². The standard InChI is InChI=1S/C32H20F2O3/c33-22-13-14-24-25(16-22)27(18-29(35)19-7-3-1-4-8-19)32(31(24)37)26-17-23(34)12-11-21(26)15-28(32)30(36)20-9-5-2-6-10-20/h1-17,27H,18H2/t27-,32-/m0/s1. The lowest BCUT2D eigenvalue weighted by Gasteiger charge is -2.34. The van der Waals surface area contributed by atoms with Gasteiger partial charge in [0.15, 0.2) is 17.3 Å². The van der Waals surface area contributed by atoms with Gasteiger partial charge in [0.25, 0.3) is 0 Å². The van der Waals surface area contributed by atoms with Crippen LogP contribution in [0.2, 0.25) is 0 Å². The molecule has 0 saturated carbocycles. The quantitative estimate of drug-likeness (QED) is 0.291. The molecule has 1 spiro atoms. The fourth-order valence-corrected chi connectivity index (χ4v) is 5.84. The fraction of sp³-hybridized carbons (Fsp3) is 0.0938. The Labute approximate surface area is 212 Å². The summed E-state index contributed by atoms with van der Waals surface area (Å²) in [6.45, 7) is 0. The summed E-state index contributed by atoms with van der Waals surface area (Å²) in [6, 6.07) is 25.0. The first-order valence-electron chi connectivity index (χ1n) is 12.0. The molecule has 37 heavy (non-hydrogen) atoms. The van der Waals surface area contributed by atoms with Gasteiger partial charge in [-0.25, -0.2) is 8.78 Å². The van der Waals surface area contributed by atoms with Gasteiger partial charge < -0.3 is 0 Å². The Bertz CT molecular complexity index is 1620. The zero-order valence-electron chi connectivity index (χ0n) is 19.6. The molecule has 0 N–H and O–H groups in total. The lowest BCUT2D eigenvalue weighted by Crippen LogP contribution is -2.40. The molecular weight excluding hydrogens is 470 g/mol. The molecule has 2 aliphatic carbocycles. The van der Waals surface area contributed by atoms with Crippen molar-refractivity contribution in [3.8, 4) is 0 Å². The van der Waals surface area contributed by atoms with E-state index in [1.54, 1.807) is 66.7 Å². The highest BCUT2D eigenvalue weighted by atomic mass is 19.1. The van der Waals surface area contributed by atoms with Gasteiger partial charge in [0.2, 0.25) is 0 Å². The van der Waals surface area contributed by atoms with Crippen molar-refractivity contribution in [3.05, 3.63) is 148 Å². The molecule has 0 fully saturated rings. The van der Waals surface area contributed by atoms with E-state index in [2.05, 4.69) is 0 Å². The first-order valence-corrected chi connectivity index (χ1v) is 12.0. The van der Waals surface area contributed by atoms with E-state index < -0.39 is 34.5 Å². The Balaban J connectivity index is 1.61. The van der Waals surface area contributed by atoms with Crippen LogP contribution < -0.4 is 0 Å². The second-order valence-corrected chi connectivity index (χ2v) is 9.40. The predicted molar refractivity (Wildman–Crippen MR) is 136 cm³/mol. The van der Waals surface area contributed by atoms with Crippen molar-refractivity contribution in [3.63, 3.8) is 0 Å². The van der Waals surface area contributed by atoms with Gasteiger partial charge in [0.05, 0.1) is 5.41 Å². The third-order valence-corrected chi connectivity index (χ3v) is 7.45. The number of rotatable bonds is 5. The Kier molecular flexibility index (Phi) is 5.30. The molecule has 0 aromatic heterocycles. The summed E-state index contributed by atoms with van der Waals surface area (Å²) in [5.74, 6) is -3.11. The number of Topliss-reactive ketones (excluding diaryl/α,β-unsaturated/α-hetero) is 3. The third-order valence-electron chi connectivity index (χ3n) is 7.45. The predicted octanol–water partition coefficient (Wildman–Crippen LogP) is 6.74. The van der Waals surface area contributed by atoms with Gasteiger partial charge in [-0.05, 0) is 53.1 Å². The second kappa shape index (κ2) is 8.56. The molecule has 4 aromatic rings. The molecule has 5 heteroatoms. The summed E-state index contributed by atoms with van der Waals surface area (Å²) >= 11 is 0. The van der Waals surface area contributed by atoms with Crippen LogP contribution in [0.15, 0.2) is 103 Å². The largest absolute Gasteiger partial charge is 0.294 e. The Hall–Kier alpha value is -4.51. The van der Waals surface area contributed by atoms with Gasteiger partial charge in [0.1, 0.15) is 11.6 Å². The normalized spacial score (nSPS) is 19.5. The van der Waals surface area contributed by atoms with Crippen LogP contribution in [0.1, 0.15) is 60.1 Å². The number of ketones is 3. The monoisotopic (exact) mass is 490 g/mol. The summed E-state index contributed by atoms with van der Waals surface area (Å²) in [7, 11) is 0. The van der Waals surface area contributed by atoms with Crippen LogP contribution >= 0.6 is 0 Å². The highest BCUT2D eigenvalue weighted by molar-refractivity contribution is 6.25. The second-order valence-electron chi connectivity index (χ2n) is 9.40. The zero-order valence-corrected chi connectivity index (χ0v) is 19.6. The van der Waals surface area contributed by atoms with E-state index in [4.69, 9.17) is 0 Å². The molecule has 0 unspecified atom stereocenters. The van der Waals surface area contributed by atoms with E-state index in [0.717, 1.165) is 0 Å². The fourth-order valence-electron chi connectivity index (χ4n) is 5.84. The minimum atomic E-state index is -1.66. The van der Waals surface area contributed by atoms with Crippen LogP contribution in [0.4, 0.5) is 8.78 Å². The minimum Gasteiger partial charge on any atom is -0.294 e. The first kappa shape index (κ1) is 22.9. The molecule has 0 radical (unpaired) electrons. The summed E-state index contributed by atoms with van der Waals surface area (Å²) in [5, 5.41) is 0. The molecule has 0 saturated heterocycles. The lowest BCUT2D eigenvalue weighted by atomic mass is 9.64. The third kappa shape index (κ3) is 3.42. The van der Waals surface area contributed by atoms with E-state index in [0.29, 0.717) is 27.8 Å². The first-order chi connectivity index (χ1) is 17.9. The molecule has 0 bridgehead atoms. The molecular formula is C32H20F2O3. The molecule has 0 heterocycles. The molecule has 0 aliphatic heterocycles. The maximum absolute atomic E-state index is 14.7. The van der Waals surface area contributed by atoms with Crippen molar-refractivity contribution >= 4 is 23.4 Å². The van der Waals surface area contributed by atoms with Gasteiger partial charge in [0, 0.05) is 34.6 Å². The molecule has 180 valence electrons. The maximum Gasteiger partial charge on any atom is 0.190 e. The molecule has 6 rings (SSSR count). The van der Waals surface area contributed by atoms with E-state index in [1.807, 2.05) is 0 Å². The van der Waals surface area contributed by atoms with E-state index in [1.165, 1.54) is 36.4 Å². The number of carbonyl (C=O) groups excluding carboxylic acids is 3. The average Bonchev–Trinajstić information content (AvgIpc) is 3.37. The molecule has 0 amide bonds. The number of hydrogen-bond acceptors (Lipinski definition) is 3. The van der Waals surface area contributed by atoms with Crippen LogP contribution in [0.5, 0.6) is 0 Å². The van der Waals surface area contributed by atoms with Crippen molar-refractivity contribution in [1.29, 1.82) is 0 Å². The number of fused-ring (bicyclic) bond motifs is 3. The highest BCUT2D eigenvalue weighted by Gasteiger charge is 2.61. The average molecular weight is 491 g/mol. The van der Waals surface area contributed by atoms with E-state index in [-0.39, 0.29) is 23.3 Å². The molecule has 2 aliphatic rings. The van der Waals surface area contributed by atoms with Crippen LogP contribution in [-0.4, -0.2) is 17.3 Å². The molecule has 4 aromatic carbocycles. The van der Waals surface area contributed by atoms with Gasteiger partial charge >= 0.3 is 0 Å². The molecule has 3 nitrogen and oxygen atoms in total. The lowest BCUT2D eigenvalue weighted by molar-refractivity contribution is 0.0861. The van der Waals surface area contributed by atoms with Gasteiger partial charge in [-0.15, -0.1) is 0 Å². The van der Waals surface area contributed by atoms with E-state index in [9.17, 15) is 23.2 Å². The Morgan fingerprint density at radius 2 is 1.38 bits per heavy atom. The smallest absolute Gasteiger partial charge is 0.190 e. The summed E-state index contributed by atoms with van der Waals surface area (Å²) in [4.78, 5) is 41.8. The number of halogens is 2. The van der Waals surface area contributed by atoms with Gasteiger partial charge in [-0.1, -0.05) is 66.7 Å². The molecule has 2 atom stereocenters. The summed E-state index contributed by atoms with van der Waals surface area (Å²) < 4.78 is 29.2. The van der Waals surface area contributed by atoms with Crippen molar-refractivity contribution < 1.29 is 23.2 Å². The highest BCUT2D eigenvalue weighted by Crippen LogP contribution is 2.59. The maximum atomic E-state index is 14.7. The number of carbonyl (C=O) groups is 3. The van der Waals surface area contributed by atoms with Crippen molar-refractivity contribution in [2.75, 3.05) is 0 Å². The van der Waals surface area contributed by atoms with Crippen molar-refractivity contribution in [2.45, 2.75) is 17.8 Å². The summed E-state index contributed by atoms with van der Waals surface area (Å²) in [6.07, 6.45) is 1.45. The zero-order chi connectivity index (χ0) is 25.7. The van der Waals surface area contributed by atoms with Gasteiger partial charge in [-0.2, -0.15) is 0 Å². The Morgan fingerprint density at radius 1 is 0.757 bits per heavy atom. The van der Waals surface area contributed by atoms with Crippen molar-refractivity contribution in [2.24, 2.45) is 0 Å². The van der Waals surface area contributed by atoms with Crippen LogP contribution in [0.25, 0.3) is 6.08 Å². The number of hydrogen-bond donors (Lipinski definition) is 0. The van der Waals surface area contributed by atoms with Crippen LogP contribution in [-0.2, 0) is 5.41 Å². The topological polar surface area (TPSA) is 51.2 Å². The SMILES string of the molecule is O=C(C[C@H]1c2cc(F)ccc2C(=O)[C@]12C(C(=O)c1ccccc1)=Cc1ccc(F)cc12)c1ccccc1. The summed E-state index contributed by atoms with van der Waals surface area (Å²) in [5.41, 5.74) is 0.724.